The SMILES string of the molecule is Cc1nc(CC(NN)c2cc(F)ccc2N)sc1C. The molecule has 19 heavy (non-hydrogen) atoms. The Balaban J connectivity index is 2.27. The molecular weight excluding hydrogens is 263 g/mol. The third-order valence-corrected chi connectivity index (χ3v) is 4.17. The molecule has 0 bridgehead atoms. The number of nitrogen functional groups attached to an aromatic ring is 1. The number of rotatable bonds is 4. The third-order valence-electron chi connectivity index (χ3n) is 3.08. The third kappa shape index (κ3) is 3.09. The molecule has 0 amide bonds. The van der Waals surface area contributed by atoms with Crippen LogP contribution in [-0.2, 0) is 6.42 Å². The Morgan fingerprint density at radius 2 is 2.16 bits per heavy atom. The van der Waals surface area contributed by atoms with Gasteiger partial charge in [-0.05, 0) is 37.6 Å². The Labute approximate surface area is 115 Å². The number of aromatic nitrogens is 1. The van der Waals surface area contributed by atoms with E-state index in [1.165, 1.54) is 17.0 Å². The minimum atomic E-state index is -0.323. The first kappa shape index (κ1) is 13.9. The molecule has 1 aromatic carbocycles. The summed E-state index contributed by atoms with van der Waals surface area (Å²) in [5.74, 6) is 5.24. The van der Waals surface area contributed by atoms with Gasteiger partial charge in [0.15, 0.2) is 0 Å². The van der Waals surface area contributed by atoms with Crippen LogP contribution < -0.4 is 17.0 Å². The molecule has 1 heterocycles. The summed E-state index contributed by atoms with van der Waals surface area (Å²) in [6.07, 6.45) is 0.587. The first-order valence-corrected chi connectivity index (χ1v) is 6.77. The highest BCUT2D eigenvalue weighted by molar-refractivity contribution is 7.11. The number of anilines is 1. The minimum Gasteiger partial charge on any atom is -0.398 e. The van der Waals surface area contributed by atoms with Crippen molar-refractivity contribution in [2.45, 2.75) is 26.3 Å². The van der Waals surface area contributed by atoms with Gasteiger partial charge in [-0.2, -0.15) is 0 Å². The topological polar surface area (TPSA) is 77.0 Å². The molecular formula is C13H17FN4S. The number of benzene rings is 1. The maximum atomic E-state index is 13.3. The fourth-order valence-electron chi connectivity index (χ4n) is 1.91. The van der Waals surface area contributed by atoms with Crippen molar-refractivity contribution in [3.63, 3.8) is 0 Å². The molecule has 2 rings (SSSR count). The molecule has 4 nitrogen and oxygen atoms in total. The van der Waals surface area contributed by atoms with Crippen LogP contribution in [0.1, 0.15) is 27.2 Å². The van der Waals surface area contributed by atoms with Crippen LogP contribution in [0.2, 0.25) is 0 Å². The Bertz CT molecular complexity index is 563. The molecule has 0 aliphatic carbocycles. The Morgan fingerprint density at radius 1 is 1.42 bits per heavy atom. The molecule has 0 spiro atoms. The molecule has 0 saturated heterocycles. The summed E-state index contributed by atoms with van der Waals surface area (Å²) in [7, 11) is 0. The second kappa shape index (κ2) is 5.64. The van der Waals surface area contributed by atoms with Crippen molar-refractivity contribution in [3.8, 4) is 0 Å². The average Bonchev–Trinajstić information content (AvgIpc) is 2.69. The van der Waals surface area contributed by atoms with Gasteiger partial charge in [-0.15, -0.1) is 11.3 Å². The van der Waals surface area contributed by atoms with Gasteiger partial charge in [-0.1, -0.05) is 0 Å². The van der Waals surface area contributed by atoms with E-state index in [2.05, 4.69) is 10.4 Å². The summed E-state index contributed by atoms with van der Waals surface area (Å²) in [5, 5.41) is 0.960. The first-order valence-electron chi connectivity index (χ1n) is 5.95. The molecule has 0 aliphatic heterocycles. The summed E-state index contributed by atoms with van der Waals surface area (Å²) < 4.78 is 13.3. The van der Waals surface area contributed by atoms with Crippen LogP contribution in [0.25, 0.3) is 0 Å². The molecule has 1 unspecified atom stereocenters. The van der Waals surface area contributed by atoms with Gasteiger partial charge in [0.2, 0.25) is 0 Å². The number of thiazole rings is 1. The molecule has 0 radical (unpaired) electrons. The molecule has 2 aromatic rings. The number of hydrogen-bond donors (Lipinski definition) is 3. The van der Waals surface area contributed by atoms with E-state index in [9.17, 15) is 4.39 Å². The first-order chi connectivity index (χ1) is 9.01. The minimum absolute atomic E-state index is 0.249. The van der Waals surface area contributed by atoms with Crippen molar-refractivity contribution in [1.82, 2.24) is 10.4 Å². The fraction of sp³-hybridized carbons (Fsp3) is 0.308. The van der Waals surface area contributed by atoms with Gasteiger partial charge in [-0.3, -0.25) is 11.3 Å². The number of nitrogens with two attached hydrogens (primary N) is 2. The Hall–Kier alpha value is -1.50. The van der Waals surface area contributed by atoms with Crippen LogP contribution in [-0.4, -0.2) is 4.98 Å². The summed E-state index contributed by atoms with van der Waals surface area (Å²) in [5.41, 5.74) is 10.8. The van der Waals surface area contributed by atoms with Crippen molar-refractivity contribution in [2.75, 3.05) is 5.73 Å². The van der Waals surface area contributed by atoms with E-state index >= 15 is 0 Å². The highest BCUT2D eigenvalue weighted by atomic mass is 32.1. The van der Waals surface area contributed by atoms with Gasteiger partial charge in [-0.25, -0.2) is 9.37 Å². The van der Waals surface area contributed by atoms with E-state index in [-0.39, 0.29) is 11.9 Å². The number of hydrogen-bond acceptors (Lipinski definition) is 5. The van der Waals surface area contributed by atoms with E-state index in [0.717, 1.165) is 10.7 Å². The van der Waals surface area contributed by atoms with E-state index < -0.39 is 0 Å². The number of nitrogens with zero attached hydrogens (tertiary/aromatic N) is 1. The zero-order chi connectivity index (χ0) is 14.0. The van der Waals surface area contributed by atoms with E-state index in [4.69, 9.17) is 11.6 Å². The molecule has 0 fully saturated rings. The fourth-order valence-corrected chi connectivity index (χ4v) is 2.89. The molecule has 1 aromatic heterocycles. The summed E-state index contributed by atoms with van der Waals surface area (Å²) in [6.45, 7) is 3.99. The maximum Gasteiger partial charge on any atom is 0.123 e. The van der Waals surface area contributed by atoms with E-state index in [1.807, 2.05) is 13.8 Å². The summed E-state index contributed by atoms with van der Waals surface area (Å²) in [6, 6.07) is 4.05. The second-order valence-electron chi connectivity index (χ2n) is 4.45. The number of halogens is 1. The van der Waals surface area contributed by atoms with Crippen molar-refractivity contribution >= 4 is 17.0 Å². The number of nitrogens with one attached hydrogen (secondary N) is 1. The monoisotopic (exact) mass is 280 g/mol. The maximum absolute atomic E-state index is 13.3. The van der Waals surface area contributed by atoms with Gasteiger partial charge >= 0.3 is 0 Å². The lowest BCUT2D eigenvalue weighted by Crippen LogP contribution is -2.30. The largest absolute Gasteiger partial charge is 0.398 e. The van der Waals surface area contributed by atoms with E-state index in [1.54, 1.807) is 17.4 Å². The van der Waals surface area contributed by atoms with Crippen LogP contribution in [0.15, 0.2) is 18.2 Å². The van der Waals surface area contributed by atoms with Crippen LogP contribution in [0.5, 0.6) is 0 Å². The van der Waals surface area contributed by atoms with Gasteiger partial charge in [0.1, 0.15) is 5.82 Å². The molecule has 102 valence electrons. The zero-order valence-electron chi connectivity index (χ0n) is 10.9. The van der Waals surface area contributed by atoms with Crippen molar-refractivity contribution in [3.05, 3.63) is 45.2 Å². The average molecular weight is 280 g/mol. The smallest absolute Gasteiger partial charge is 0.123 e. The van der Waals surface area contributed by atoms with E-state index in [0.29, 0.717) is 17.7 Å². The van der Waals surface area contributed by atoms with Crippen molar-refractivity contribution < 1.29 is 4.39 Å². The molecule has 5 N–H and O–H groups in total. The predicted octanol–water partition coefficient (Wildman–Crippen LogP) is 2.23. The van der Waals surface area contributed by atoms with Crippen LogP contribution in [0.4, 0.5) is 10.1 Å². The van der Waals surface area contributed by atoms with Crippen molar-refractivity contribution in [1.29, 1.82) is 0 Å². The van der Waals surface area contributed by atoms with Gasteiger partial charge in [0.25, 0.3) is 0 Å². The molecule has 0 saturated carbocycles. The molecule has 6 heteroatoms. The zero-order valence-corrected chi connectivity index (χ0v) is 11.7. The normalized spacial score (nSPS) is 12.6. The van der Waals surface area contributed by atoms with Crippen LogP contribution >= 0.6 is 11.3 Å². The Kier molecular flexibility index (Phi) is 4.14. The molecule has 0 aliphatic rings. The lowest BCUT2D eigenvalue weighted by Gasteiger charge is -2.17. The molecule has 1 atom stereocenters. The van der Waals surface area contributed by atoms with Gasteiger partial charge in [0, 0.05) is 17.0 Å². The second-order valence-corrected chi connectivity index (χ2v) is 5.73. The van der Waals surface area contributed by atoms with Gasteiger partial charge < -0.3 is 5.73 Å². The summed E-state index contributed by atoms with van der Waals surface area (Å²) >= 11 is 1.62. The highest BCUT2D eigenvalue weighted by Crippen LogP contribution is 2.26. The number of hydrazine groups is 1. The quantitative estimate of drug-likeness (QED) is 0.456. The van der Waals surface area contributed by atoms with Crippen LogP contribution in [0.3, 0.4) is 0 Å². The lowest BCUT2D eigenvalue weighted by atomic mass is 10.0. The number of aryl methyl sites for hydroxylation is 2. The summed E-state index contributed by atoms with van der Waals surface area (Å²) in [4.78, 5) is 5.64. The lowest BCUT2D eigenvalue weighted by molar-refractivity contribution is 0.544. The van der Waals surface area contributed by atoms with Crippen LogP contribution in [0, 0.1) is 19.7 Å². The standard InChI is InChI=1S/C13H17FN4S/c1-7-8(2)19-13(17-7)6-12(18-16)10-5-9(14)3-4-11(10)15/h3-5,12,18H,6,15-16H2,1-2H3. The Morgan fingerprint density at radius 3 is 2.74 bits per heavy atom. The highest BCUT2D eigenvalue weighted by Gasteiger charge is 2.17. The van der Waals surface area contributed by atoms with Crippen molar-refractivity contribution in [2.24, 2.45) is 5.84 Å². The van der Waals surface area contributed by atoms with Gasteiger partial charge in [0.05, 0.1) is 16.7 Å². The predicted molar refractivity (Wildman–Crippen MR) is 76.2 cm³/mol.